The molecule has 3 amide bonds. The molecule has 8 heteroatoms. The molecule has 3 heterocycles. The quantitative estimate of drug-likeness (QED) is 0.654. The van der Waals surface area contributed by atoms with Gasteiger partial charge < -0.3 is 9.88 Å². The molecule has 1 aromatic carbocycles. The van der Waals surface area contributed by atoms with Crippen molar-refractivity contribution in [3.8, 4) is 0 Å². The number of imidazole rings is 1. The Balaban J connectivity index is 1.41. The van der Waals surface area contributed by atoms with E-state index in [1.165, 1.54) is 11.1 Å². The number of hydrogen-bond donors (Lipinski definition) is 1. The van der Waals surface area contributed by atoms with Gasteiger partial charge in [-0.3, -0.25) is 19.3 Å². The lowest BCUT2D eigenvalue weighted by molar-refractivity contribution is -0.138. The lowest BCUT2D eigenvalue weighted by Crippen LogP contribution is -2.37. The van der Waals surface area contributed by atoms with Crippen LogP contribution in [0.15, 0.2) is 48.9 Å². The van der Waals surface area contributed by atoms with Gasteiger partial charge in [-0.1, -0.05) is 30.3 Å². The van der Waals surface area contributed by atoms with E-state index < -0.39 is 0 Å². The Hall–Kier alpha value is -3.55. The lowest BCUT2D eigenvalue weighted by Gasteiger charge is -2.13. The summed E-state index contributed by atoms with van der Waals surface area (Å²) >= 11 is 0. The van der Waals surface area contributed by atoms with Gasteiger partial charge >= 0.3 is 0 Å². The molecular weight excluding hydrogens is 358 g/mol. The van der Waals surface area contributed by atoms with E-state index in [9.17, 15) is 14.4 Å². The molecule has 28 heavy (non-hydrogen) atoms. The van der Waals surface area contributed by atoms with Gasteiger partial charge in [0.2, 0.25) is 11.8 Å². The Morgan fingerprint density at radius 2 is 1.82 bits per heavy atom. The van der Waals surface area contributed by atoms with E-state index in [2.05, 4.69) is 15.3 Å². The summed E-state index contributed by atoms with van der Waals surface area (Å²) in [6.07, 6.45) is 3.71. The van der Waals surface area contributed by atoms with Gasteiger partial charge in [-0.25, -0.2) is 9.97 Å². The summed E-state index contributed by atoms with van der Waals surface area (Å²) < 4.78 is 1.93. The number of hydrogen-bond acceptors (Lipinski definition) is 5. The van der Waals surface area contributed by atoms with Crippen LogP contribution in [0.5, 0.6) is 0 Å². The molecule has 0 saturated carbocycles. The zero-order valence-corrected chi connectivity index (χ0v) is 15.2. The van der Waals surface area contributed by atoms with Crippen LogP contribution in [-0.2, 0) is 16.1 Å². The highest BCUT2D eigenvalue weighted by Crippen LogP contribution is 2.14. The van der Waals surface area contributed by atoms with Crippen LogP contribution in [0.1, 0.15) is 28.8 Å². The highest BCUT2D eigenvalue weighted by Gasteiger charge is 2.28. The molecule has 0 atom stereocenters. The SMILES string of the molecule is O=C(NCCN1C(=O)CCC1=O)c1cnc2c(c1)ncn2Cc1ccccc1. The number of carbonyl (C=O) groups excluding carboxylic acids is 3. The van der Waals surface area contributed by atoms with Crippen molar-refractivity contribution in [1.82, 2.24) is 24.8 Å². The van der Waals surface area contributed by atoms with E-state index in [0.29, 0.717) is 23.3 Å². The first kappa shape index (κ1) is 17.8. The third-order valence-electron chi connectivity index (χ3n) is 4.69. The largest absolute Gasteiger partial charge is 0.350 e. The molecule has 1 aliphatic heterocycles. The van der Waals surface area contributed by atoms with Crippen LogP contribution in [0, 0.1) is 0 Å². The number of fused-ring (bicyclic) bond motifs is 1. The molecule has 0 spiro atoms. The monoisotopic (exact) mass is 377 g/mol. The topological polar surface area (TPSA) is 97.2 Å². The zero-order valence-electron chi connectivity index (χ0n) is 15.2. The predicted octanol–water partition coefficient (Wildman–Crippen LogP) is 1.36. The second kappa shape index (κ2) is 7.59. The first-order valence-electron chi connectivity index (χ1n) is 9.08. The summed E-state index contributed by atoms with van der Waals surface area (Å²) in [5, 5.41) is 2.72. The van der Waals surface area contributed by atoms with E-state index in [1.54, 1.807) is 12.4 Å². The third kappa shape index (κ3) is 3.62. The molecule has 1 N–H and O–H groups in total. The van der Waals surface area contributed by atoms with Crippen molar-refractivity contribution >= 4 is 28.9 Å². The molecule has 8 nitrogen and oxygen atoms in total. The van der Waals surface area contributed by atoms with Gasteiger partial charge in [-0.05, 0) is 11.6 Å². The number of nitrogens with one attached hydrogen (secondary N) is 1. The van der Waals surface area contributed by atoms with Crippen LogP contribution in [-0.4, -0.2) is 50.2 Å². The predicted molar refractivity (Wildman–Crippen MR) is 101 cm³/mol. The fourth-order valence-corrected chi connectivity index (χ4v) is 3.22. The van der Waals surface area contributed by atoms with Gasteiger partial charge in [-0.2, -0.15) is 0 Å². The molecule has 4 rings (SSSR count). The van der Waals surface area contributed by atoms with Crippen LogP contribution >= 0.6 is 0 Å². The van der Waals surface area contributed by atoms with Crippen molar-refractivity contribution in [1.29, 1.82) is 0 Å². The Bertz CT molecular complexity index is 1030. The molecule has 1 aliphatic rings. The van der Waals surface area contributed by atoms with Gasteiger partial charge in [0.15, 0.2) is 5.65 Å². The van der Waals surface area contributed by atoms with Crippen LogP contribution in [0.2, 0.25) is 0 Å². The molecule has 0 unspecified atom stereocenters. The van der Waals surface area contributed by atoms with Crippen molar-refractivity contribution in [2.45, 2.75) is 19.4 Å². The molecular formula is C20H19N5O3. The maximum atomic E-state index is 12.3. The van der Waals surface area contributed by atoms with Gasteiger partial charge in [0.25, 0.3) is 5.91 Å². The van der Waals surface area contributed by atoms with Crippen LogP contribution in [0.3, 0.4) is 0 Å². The zero-order chi connectivity index (χ0) is 19.5. The minimum atomic E-state index is -0.314. The lowest BCUT2D eigenvalue weighted by atomic mass is 10.2. The van der Waals surface area contributed by atoms with Gasteiger partial charge in [0, 0.05) is 32.1 Å². The first-order chi connectivity index (χ1) is 13.6. The van der Waals surface area contributed by atoms with Crippen LogP contribution in [0.4, 0.5) is 0 Å². The van der Waals surface area contributed by atoms with Gasteiger partial charge in [0.1, 0.15) is 5.52 Å². The first-order valence-corrected chi connectivity index (χ1v) is 9.08. The molecule has 3 aromatic rings. The van der Waals surface area contributed by atoms with Crippen LogP contribution in [0.25, 0.3) is 11.2 Å². The number of pyridine rings is 1. The summed E-state index contributed by atoms with van der Waals surface area (Å²) in [4.78, 5) is 45.4. The molecule has 2 aromatic heterocycles. The van der Waals surface area contributed by atoms with Crippen LogP contribution < -0.4 is 5.32 Å². The second-order valence-corrected chi connectivity index (χ2v) is 6.62. The number of carbonyl (C=O) groups is 3. The maximum absolute atomic E-state index is 12.3. The van der Waals surface area contributed by atoms with E-state index in [1.807, 2.05) is 34.9 Å². The minimum absolute atomic E-state index is 0.185. The van der Waals surface area contributed by atoms with Crippen molar-refractivity contribution in [3.05, 3.63) is 60.0 Å². The second-order valence-electron chi connectivity index (χ2n) is 6.62. The highest BCUT2D eigenvalue weighted by atomic mass is 16.2. The molecule has 1 saturated heterocycles. The van der Waals surface area contributed by atoms with Gasteiger partial charge in [0.05, 0.1) is 18.4 Å². The van der Waals surface area contributed by atoms with Crippen molar-refractivity contribution in [3.63, 3.8) is 0 Å². The number of amides is 3. The summed E-state index contributed by atoms with van der Waals surface area (Å²) in [6.45, 7) is 1.04. The summed E-state index contributed by atoms with van der Waals surface area (Å²) in [5.74, 6) is -0.691. The smallest absolute Gasteiger partial charge is 0.252 e. The number of nitrogens with zero attached hydrogens (tertiary/aromatic N) is 4. The number of aromatic nitrogens is 3. The fraction of sp³-hybridized carbons (Fsp3) is 0.250. The van der Waals surface area contributed by atoms with E-state index >= 15 is 0 Å². The number of likely N-dealkylation sites (tertiary alicyclic amines) is 1. The number of benzene rings is 1. The summed E-state index contributed by atoms with van der Waals surface area (Å²) in [7, 11) is 0. The van der Waals surface area contributed by atoms with Gasteiger partial charge in [-0.15, -0.1) is 0 Å². The average Bonchev–Trinajstić information content (AvgIpc) is 3.26. The summed E-state index contributed by atoms with van der Waals surface area (Å²) in [5.41, 5.74) is 2.86. The average molecular weight is 377 g/mol. The molecule has 0 radical (unpaired) electrons. The Kier molecular flexibility index (Phi) is 4.84. The van der Waals surface area contributed by atoms with Crippen molar-refractivity contribution in [2.75, 3.05) is 13.1 Å². The van der Waals surface area contributed by atoms with Crippen molar-refractivity contribution in [2.24, 2.45) is 0 Å². The molecule has 0 bridgehead atoms. The minimum Gasteiger partial charge on any atom is -0.350 e. The maximum Gasteiger partial charge on any atom is 0.252 e. The normalized spacial score (nSPS) is 14.1. The Morgan fingerprint density at radius 3 is 2.57 bits per heavy atom. The third-order valence-corrected chi connectivity index (χ3v) is 4.69. The number of imide groups is 1. The molecule has 142 valence electrons. The van der Waals surface area contributed by atoms with E-state index in [-0.39, 0.29) is 43.7 Å². The Labute approximate surface area is 161 Å². The molecule has 1 fully saturated rings. The fourth-order valence-electron chi connectivity index (χ4n) is 3.22. The summed E-state index contributed by atoms with van der Waals surface area (Å²) in [6, 6.07) is 11.7. The standard InChI is InChI=1S/C20H19N5O3/c26-17-6-7-18(27)25(17)9-8-21-20(28)15-10-16-19(22-11-15)24(13-23-16)12-14-4-2-1-3-5-14/h1-5,10-11,13H,6-9,12H2,(H,21,28). The Morgan fingerprint density at radius 1 is 1.07 bits per heavy atom. The molecule has 0 aliphatic carbocycles. The highest BCUT2D eigenvalue weighted by molar-refractivity contribution is 6.02. The van der Waals surface area contributed by atoms with E-state index in [4.69, 9.17) is 0 Å². The van der Waals surface area contributed by atoms with E-state index in [0.717, 1.165) is 5.56 Å². The number of rotatable bonds is 6. The van der Waals surface area contributed by atoms with Crippen molar-refractivity contribution < 1.29 is 14.4 Å².